The Kier molecular flexibility index (Phi) is 6.06. The topological polar surface area (TPSA) is 17.1 Å². The van der Waals surface area contributed by atoms with Crippen molar-refractivity contribution < 1.29 is 13.6 Å². The Morgan fingerprint density at radius 1 is 1.53 bits per heavy atom. The fourth-order valence-electron chi connectivity index (χ4n) is 1.16. The van der Waals surface area contributed by atoms with Crippen LogP contribution >= 0.6 is 0 Å². The highest BCUT2D eigenvalue weighted by Crippen LogP contribution is 2.24. The molecule has 0 aliphatic rings. The minimum absolute atomic E-state index is 0.0192. The summed E-state index contributed by atoms with van der Waals surface area (Å²) >= 11 is 0. The number of rotatable bonds is 7. The van der Waals surface area contributed by atoms with Crippen LogP contribution in [-0.4, -0.2) is 12.2 Å². The maximum absolute atomic E-state index is 12.6. The van der Waals surface area contributed by atoms with Crippen molar-refractivity contribution in [2.45, 2.75) is 39.0 Å². The van der Waals surface area contributed by atoms with E-state index in [0.717, 1.165) is 13.2 Å². The van der Waals surface area contributed by atoms with Crippen LogP contribution in [0.4, 0.5) is 8.78 Å². The number of aldehydes is 1. The van der Waals surface area contributed by atoms with Crippen LogP contribution in [0.1, 0.15) is 33.1 Å². The summed E-state index contributed by atoms with van der Waals surface area (Å²) in [6, 6.07) is 0. The number of carbonyl (C=O) groups excluding carboxylic acids is 1. The highest BCUT2D eigenvalue weighted by molar-refractivity contribution is 5.71. The summed E-state index contributed by atoms with van der Waals surface area (Å²) in [5.41, 5.74) is 0.630. The monoisotopic (exact) mass is 216 g/mol. The summed E-state index contributed by atoms with van der Waals surface area (Å²) in [5.74, 6) is -2.60. The lowest BCUT2D eigenvalue weighted by Crippen LogP contribution is -2.11. The summed E-state index contributed by atoms with van der Waals surface area (Å²) in [5, 5.41) is 0. The molecule has 15 heavy (non-hydrogen) atoms. The van der Waals surface area contributed by atoms with Crippen LogP contribution in [0.5, 0.6) is 0 Å². The average Bonchev–Trinajstić information content (AvgIpc) is 2.16. The molecule has 0 rings (SSSR count). The predicted octanol–water partition coefficient (Wildman–Crippen LogP) is 3.76. The summed E-state index contributed by atoms with van der Waals surface area (Å²) in [4.78, 5) is 10.3. The smallest absolute Gasteiger partial charge is 0.245 e. The van der Waals surface area contributed by atoms with E-state index in [1.807, 2.05) is 0 Å². The van der Waals surface area contributed by atoms with Crippen LogP contribution < -0.4 is 0 Å². The van der Waals surface area contributed by atoms with Crippen molar-refractivity contribution in [3.05, 3.63) is 24.3 Å². The summed E-state index contributed by atoms with van der Waals surface area (Å²) in [7, 11) is 0. The molecule has 0 saturated heterocycles. The molecule has 0 heterocycles. The zero-order chi connectivity index (χ0) is 11.9. The van der Waals surface area contributed by atoms with Crippen LogP contribution in [0.15, 0.2) is 24.3 Å². The molecule has 0 aliphatic carbocycles. The lowest BCUT2D eigenvalue weighted by atomic mass is 9.97. The highest BCUT2D eigenvalue weighted by atomic mass is 19.3. The van der Waals surface area contributed by atoms with Gasteiger partial charge in [0.05, 0.1) is 0 Å². The Balaban J connectivity index is 4.05. The maximum Gasteiger partial charge on any atom is 0.245 e. The third kappa shape index (κ3) is 8.03. The lowest BCUT2D eigenvalue weighted by molar-refractivity contribution is -0.104. The van der Waals surface area contributed by atoms with Crippen LogP contribution in [-0.2, 0) is 4.79 Å². The number of carbonyl (C=O) groups is 1. The van der Waals surface area contributed by atoms with E-state index in [-0.39, 0.29) is 12.3 Å². The summed E-state index contributed by atoms with van der Waals surface area (Å²) in [6.07, 6.45) is 5.04. The third-order valence-corrected chi connectivity index (χ3v) is 2.22. The van der Waals surface area contributed by atoms with Gasteiger partial charge in [0.1, 0.15) is 6.29 Å². The number of halogens is 2. The van der Waals surface area contributed by atoms with Crippen LogP contribution in [0, 0.1) is 5.92 Å². The van der Waals surface area contributed by atoms with Gasteiger partial charge in [-0.2, -0.15) is 0 Å². The van der Waals surface area contributed by atoms with Gasteiger partial charge in [0.2, 0.25) is 5.92 Å². The number of hydrogen-bond donors (Lipinski definition) is 0. The molecule has 0 aromatic heterocycles. The minimum atomic E-state index is -2.62. The fourth-order valence-corrected chi connectivity index (χ4v) is 1.16. The Morgan fingerprint density at radius 3 is 2.53 bits per heavy atom. The van der Waals surface area contributed by atoms with Gasteiger partial charge < -0.3 is 0 Å². The zero-order valence-corrected chi connectivity index (χ0v) is 9.30. The minimum Gasteiger partial charge on any atom is -0.298 e. The van der Waals surface area contributed by atoms with Crippen molar-refractivity contribution >= 4 is 6.29 Å². The molecule has 1 atom stereocenters. The molecule has 1 nitrogen and oxygen atoms in total. The molecule has 0 fully saturated rings. The first-order chi connectivity index (χ1) is 6.89. The predicted molar refractivity (Wildman–Crippen MR) is 58.0 cm³/mol. The van der Waals surface area contributed by atoms with Crippen molar-refractivity contribution in [2.24, 2.45) is 5.92 Å². The van der Waals surface area contributed by atoms with Gasteiger partial charge in [-0.3, -0.25) is 4.79 Å². The van der Waals surface area contributed by atoms with Crippen molar-refractivity contribution in [3.63, 3.8) is 0 Å². The van der Waals surface area contributed by atoms with E-state index < -0.39 is 5.92 Å². The molecule has 0 N–H and O–H groups in total. The lowest BCUT2D eigenvalue weighted by Gasteiger charge is -2.14. The Labute approximate surface area is 89.9 Å². The standard InChI is InChI=1S/C12H18F2O/c1-4-11(6-5-10(2)9-15)7-8-12(3,13)14/h4-5,9,11H,1,6-8H2,2-3H3/b10-5+. The second-order valence-electron chi connectivity index (χ2n) is 3.91. The van der Waals surface area contributed by atoms with Gasteiger partial charge in [-0.05, 0) is 38.2 Å². The largest absolute Gasteiger partial charge is 0.298 e. The van der Waals surface area contributed by atoms with E-state index in [9.17, 15) is 13.6 Å². The van der Waals surface area contributed by atoms with Crippen molar-refractivity contribution in [2.75, 3.05) is 0 Å². The molecule has 0 amide bonds. The van der Waals surface area contributed by atoms with Gasteiger partial charge in [0.25, 0.3) is 0 Å². The van der Waals surface area contributed by atoms with E-state index in [2.05, 4.69) is 6.58 Å². The Bertz CT molecular complexity index is 238. The molecule has 0 saturated carbocycles. The zero-order valence-electron chi connectivity index (χ0n) is 9.30. The van der Waals surface area contributed by atoms with Crippen LogP contribution in [0.25, 0.3) is 0 Å². The first-order valence-corrected chi connectivity index (χ1v) is 5.01. The van der Waals surface area contributed by atoms with Crippen LogP contribution in [0.2, 0.25) is 0 Å². The molecule has 0 aliphatic heterocycles. The first-order valence-electron chi connectivity index (χ1n) is 5.01. The first kappa shape index (κ1) is 14.0. The quantitative estimate of drug-likeness (QED) is 0.360. The Hall–Kier alpha value is -0.990. The van der Waals surface area contributed by atoms with Gasteiger partial charge >= 0.3 is 0 Å². The molecule has 86 valence electrons. The number of hydrogen-bond acceptors (Lipinski definition) is 1. The molecule has 0 aromatic rings. The van der Waals surface area contributed by atoms with Crippen molar-refractivity contribution in [1.29, 1.82) is 0 Å². The van der Waals surface area contributed by atoms with E-state index in [0.29, 0.717) is 18.4 Å². The number of allylic oxidation sites excluding steroid dienone is 3. The molecular formula is C12H18F2O. The maximum atomic E-state index is 12.6. The molecule has 0 bridgehead atoms. The van der Waals surface area contributed by atoms with E-state index in [1.165, 1.54) is 0 Å². The normalized spacial score (nSPS) is 14.8. The summed E-state index contributed by atoms with van der Waals surface area (Å²) < 4.78 is 25.2. The van der Waals surface area contributed by atoms with E-state index in [4.69, 9.17) is 0 Å². The van der Waals surface area contributed by atoms with Gasteiger partial charge in [0.15, 0.2) is 0 Å². The van der Waals surface area contributed by atoms with Gasteiger partial charge in [0, 0.05) is 6.42 Å². The Morgan fingerprint density at radius 2 is 2.13 bits per heavy atom. The van der Waals surface area contributed by atoms with Gasteiger partial charge in [-0.15, -0.1) is 6.58 Å². The van der Waals surface area contributed by atoms with Crippen molar-refractivity contribution in [1.82, 2.24) is 0 Å². The van der Waals surface area contributed by atoms with Crippen molar-refractivity contribution in [3.8, 4) is 0 Å². The molecule has 0 aromatic carbocycles. The SMILES string of the molecule is C=CC(C/C=C(\C)C=O)CCC(C)(F)F. The third-order valence-electron chi connectivity index (χ3n) is 2.22. The molecule has 3 heteroatoms. The fraction of sp³-hybridized carbons (Fsp3) is 0.583. The molecule has 1 unspecified atom stereocenters. The molecular weight excluding hydrogens is 198 g/mol. The highest BCUT2D eigenvalue weighted by Gasteiger charge is 2.21. The molecule has 0 radical (unpaired) electrons. The molecule has 0 spiro atoms. The van der Waals surface area contributed by atoms with Gasteiger partial charge in [-0.1, -0.05) is 12.2 Å². The van der Waals surface area contributed by atoms with Gasteiger partial charge in [-0.25, -0.2) is 8.78 Å². The average molecular weight is 216 g/mol. The van der Waals surface area contributed by atoms with E-state index >= 15 is 0 Å². The second-order valence-corrected chi connectivity index (χ2v) is 3.91. The van der Waals surface area contributed by atoms with Crippen LogP contribution in [0.3, 0.4) is 0 Å². The second kappa shape index (κ2) is 6.49. The van der Waals surface area contributed by atoms with E-state index in [1.54, 1.807) is 19.1 Å². The summed E-state index contributed by atoms with van der Waals surface area (Å²) in [6.45, 7) is 6.22. The number of alkyl halides is 2.